The average molecular weight is 362 g/mol. The summed E-state index contributed by atoms with van der Waals surface area (Å²) in [6.45, 7) is 6.89. The number of aromatic carboxylic acids is 1. The molecule has 144 valence electrons. The van der Waals surface area contributed by atoms with E-state index in [1.165, 1.54) is 0 Å². The quantitative estimate of drug-likeness (QED) is 0.861. The third-order valence-corrected chi connectivity index (χ3v) is 4.54. The van der Waals surface area contributed by atoms with Gasteiger partial charge in [0.15, 0.2) is 0 Å². The molecule has 0 saturated carbocycles. The van der Waals surface area contributed by atoms with Crippen molar-refractivity contribution in [1.29, 1.82) is 0 Å². The van der Waals surface area contributed by atoms with Gasteiger partial charge in [-0.25, -0.2) is 4.79 Å². The molecule has 0 unspecified atom stereocenters. The molecule has 6 nitrogen and oxygen atoms in total. The topological polar surface area (TPSA) is 78.9 Å². The van der Waals surface area contributed by atoms with Crippen LogP contribution in [-0.4, -0.2) is 48.1 Å². The zero-order valence-electron chi connectivity index (χ0n) is 15.8. The van der Waals surface area contributed by atoms with Gasteiger partial charge in [0.1, 0.15) is 5.75 Å². The highest BCUT2D eigenvalue weighted by atomic mass is 16.5. The van der Waals surface area contributed by atoms with Crippen molar-refractivity contribution >= 4 is 11.9 Å². The van der Waals surface area contributed by atoms with E-state index < -0.39 is 5.97 Å². The summed E-state index contributed by atoms with van der Waals surface area (Å²) in [5.41, 5.74) is 0.892. The molecule has 6 heteroatoms. The summed E-state index contributed by atoms with van der Waals surface area (Å²) in [6.07, 6.45) is 3.71. The fourth-order valence-electron chi connectivity index (χ4n) is 3.02. The molecule has 1 aromatic rings. The third-order valence-electron chi connectivity index (χ3n) is 4.54. The summed E-state index contributed by atoms with van der Waals surface area (Å²) in [5.74, 6) is 0.137. The number of carboxylic acids is 1. The van der Waals surface area contributed by atoms with Gasteiger partial charge in [0.25, 0.3) is 0 Å². The van der Waals surface area contributed by atoms with Crippen LogP contribution < -0.4 is 10.1 Å². The number of carbonyl (C=O) groups is 2. The van der Waals surface area contributed by atoms with Crippen molar-refractivity contribution in [3.8, 4) is 5.75 Å². The molecular weight excluding hydrogens is 332 g/mol. The summed E-state index contributed by atoms with van der Waals surface area (Å²) in [5, 5.41) is 12.5. The number of fused-ring (bicyclic) bond motifs is 1. The van der Waals surface area contributed by atoms with Gasteiger partial charge < -0.3 is 15.2 Å². The molecule has 0 radical (unpaired) electrons. The Morgan fingerprint density at radius 2 is 2.08 bits per heavy atom. The highest BCUT2D eigenvalue weighted by Crippen LogP contribution is 2.25. The Bertz CT molecular complexity index is 616. The zero-order chi connectivity index (χ0) is 18.9. The molecule has 0 aliphatic carbocycles. The van der Waals surface area contributed by atoms with Crippen LogP contribution in [0.4, 0.5) is 0 Å². The molecule has 0 saturated heterocycles. The van der Waals surface area contributed by atoms with Crippen molar-refractivity contribution in [2.45, 2.75) is 46.1 Å². The van der Waals surface area contributed by atoms with Crippen LogP contribution in [0.25, 0.3) is 0 Å². The van der Waals surface area contributed by atoms with E-state index in [0.29, 0.717) is 36.9 Å². The van der Waals surface area contributed by atoms with E-state index in [4.69, 9.17) is 4.74 Å². The molecule has 0 spiro atoms. The largest absolute Gasteiger partial charge is 0.493 e. The van der Waals surface area contributed by atoms with Gasteiger partial charge in [0, 0.05) is 18.7 Å². The second-order valence-electron chi connectivity index (χ2n) is 7.24. The minimum atomic E-state index is -0.969. The summed E-state index contributed by atoms with van der Waals surface area (Å²) in [6, 6.07) is 5.14. The number of carbonyl (C=O) groups excluding carboxylic acids is 1. The fraction of sp³-hybridized carbons (Fsp3) is 0.600. The lowest BCUT2D eigenvalue weighted by molar-refractivity contribution is -0.122. The first-order valence-corrected chi connectivity index (χ1v) is 9.44. The van der Waals surface area contributed by atoms with Crippen LogP contribution in [0.2, 0.25) is 0 Å². The van der Waals surface area contributed by atoms with Crippen LogP contribution in [0, 0.1) is 5.92 Å². The maximum absolute atomic E-state index is 12.3. The SMILES string of the molecule is CC(C)CCN1CC(=O)NCCCCCOc2cccc(C(=O)O)c2C1. The van der Waals surface area contributed by atoms with Crippen LogP contribution >= 0.6 is 0 Å². The number of carboxylic acid groups (broad SMARTS) is 1. The molecule has 0 aromatic heterocycles. The van der Waals surface area contributed by atoms with Crippen molar-refractivity contribution in [2.24, 2.45) is 5.92 Å². The predicted molar refractivity (Wildman–Crippen MR) is 100 cm³/mol. The number of nitrogens with zero attached hydrogens (tertiary/aromatic N) is 1. The van der Waals surface area contributed by atoms with Crippen molar-refractivity contribution < 1.29 is 19.4 Å². The Labute approximate surface area is 155 Å². The number of hydrogen-bond acceptors (Lipinski definition) is 4. The fourth-order valence-corrected chi connectivity index (χ4v) is 3.02. The molecule has 1 aliphatic heterocycles. The Morgan fingerprint density at radius 1 is 1.27 bits per heavy atom. The van der Waals surface area contributed by atoms with E-state index in [0.717, 1.165) is 32.2 Å². The molecule has 1 heterocycles. The van der Waals surface area contributed by atoms with E-state index in [9.17, 15) is 14.7 Å². The normalized spacial score (nSPS) is 17.3. The number of ether oxygens (including phenoxy) is 1. The molecular formula is C20H30N2O4. The first-order chi connectivity index (χ1) is 12.5. The van der Waals surface area contributed by atoms with Gasteiger partial charge >= 0.3 is 5.97 Å². The molecule has 1 amide bonds. The van der Waals surface area contributed by atoms with Crippen LogP contribution in [0.1, 0.15) is 55.5 Å². The van der Waals surface area contributed by atoms with Crippen LogP contribution in [0.15, 0.2) is 18.2 Å². The van der Waals surface area contributed by atoms with Crippen LogP contribution in [0.5, 0.6) is 5.75 Å². The van der Waals surface area contributed by atoms with Gasteiger partial charge in [-0.2, -0.15) is 0 Å². The molecule has 0 bridgehead atoms. The second-order valence-corrected chi connectivity index (χ2v) is 7.24. The Balaban J connectivity index is 2.30. The van der Waals surface area contributed by atoms with Gasteiger partial charge in [-0.3, -0.25) is 9.69 Å². The van der Waals surface area contributed by atoms with Crippen LogP contribution in [0.3, 0.4) is 0 Å². The molecule has 2 N–H and O–H groups in total. The smallest absolute Gasteiger partial charge is 0.336 e. The second kappa shape index (κ2) is 10.2. The molecule has 1 aliphatic rings. The highest BCUT2D eigenvalue weighted by molar-refractivity contribution is 5.90. The summed E-state index contributed by atoms with van der Waals surface area (Å²) < 4.78 is 5.90. The predicted octanol–water partition coefficient (Wildman–Crippen LogP) is 2.91. The lowest BCUT2D eigenvalue weighted by Crippen LogP contribution is -2.38. The molecule has 0 atom stereocenters. The van der Waals surface area contributed by atoms with Gasteiger partial charge in [0.2, 0.25) is 5.91 Å². The highest BCUT2D eigenvalue weighted by Gasteiger charge is 2.20. The number of benzene rings is 1. The monoisotopic (exact) mass is 362 g/mol. The van der Waals surface area contributed by atoms with Crippen molar-refractivity contribution in [2.75, 3.05) is 26.2 Å². The van der Waals surface area contributed by atoms with Crippen molar-refractivity contribution in [1.82, 2.24) is 10.2 Å². The Hall–Kier alpha value is -2.08. The molecule has 0 fully saturated rings. The molecule has 2 rings (SSSR count). The first kappa shape index (κ1) is 20.2. The molecule has 26 heavy (non-hydrogen) atoms. The van der Waals surface area contributed by atoms with E-state index in [1.807, 2.05) is 11.0 Å². The molecule has 1 aromatic carbocycles. The number of rotatable bonds is 4. The maximum Gasteiger partial charge on any atom is 0.336 e. The lowest BCUT2D eigenvalue weighted by atomic mass is 10.0. The maximum atomic E-state index is 12.3. The van der Waals surface area contributed by atoms with Crippen molar-refractivity contribution in [3.63, 3.8) is 0 Å². The van der Waals surface area contributed by atoms with E-state index in [1.54, 1.807) is 12.1 Å². The Kier molecular flexibility index (Phi) is 7.91. The number of nitrogens with one attached hydrogen (secondary N) is 1. The Morgan fingerprint density at radius 3 is 2.81 bits per heavy atom. The zero-order valence-corrected chi connectivity index (χ0v) is 15.8. The summed E-state index contributed by atoms with van der Waals surface area (Å²) in [4.78, 5) is 26.0. The minimum Gasteiger partial charge on any atom is -0.493 e. The third kappa shape index (κ3) is 6.33. The first-order valence-electron chi connectivity index (χ1n) is 9.44. The van der Waals surface area contributed by atoms with Gasteiger partial charge in [0.05, 0.1) is 18.7 Å². The lowest BCUT2D eigenvalue weighted by Gasteiger charge is -2.24. The van der Waals surface area contributed by atoms with Gasteiger partial charge in [-0.1, -0.05) is 19.9 Å². The van der Waals surface area contributed by atoms with E-state index in [-0.39, 0.29) is 18.0 Å². The van der Waals surface area contributed by atoms with E-state index in [2.05, 4.69) is 19.2 Å². The minimum absolute atomic E-state index is 0.0109. The standard InChI is InChI=1S/C20H30N2O4/c1-15(2)9-11-22-13-17-16(20(24)25)7-6-8-18(17)26-12-5-3-4-10-21-19(23)14-22/h6-8,15H,3-5,9-14H2,1-2H3,(H,21,23)(H,24,25). The van der Waals surface area contributed by atoms with Gasteiger partial charge in [-0.05, 0) is 50.3 Å². The van der Waals surface area contributed by atoms with Crippen LogP contribution in [-0.2, 0) is 11.3 Å². The number of hydrogen-bond donors (Lipinski definition) is 2. The van der Waals surface area contributed by atoms with Crippen molar-refractivity contribution in [3.05, 3.63) is 29.3 Å². The number of amides is 1. The average Bonchev–Trinajstić information content (AvgIpc) is 2.60. The summed E-state index contributed by atoms with van der Waals surface area (Å²) >= 11 is 0. The van der Waals surface area contributed by atoms with E-state index >= 15 is 0 Å². The van der Waals surface area contributed by atoms with Gasteiger partial charge in [-0.15, -0.1) is 0 Å². The summed E-state index contributed by atoms with van der Waals surface area (Å²) in [7, 11) is 0.